The lowest BCUT2D eigenvalue weighted by molar-refractivity contribution is -0.139. The molecule has 0 aliphatic carbocycles. The van der Waals surface area contributed by atoms with Gasteiger partial charge in [0, 0.05) is 0 Å². The zero-order valence-corrected chi connectivity index (χ0v) is 16.9. The topological polar surface area (TPSA) is 79.8 Å². The largest absolute Gasteiger partial charge is 0.489 e. The Balaban J connectivity index is 1.49. The van der Waals surface area contributed by atoms with Gasteiger partial charge in [-0.25, -0.2) is 9.82 Å². The third-order valence-electron chi connectivity index (χ3n) is 4.41. The molecule has 2 amide bonds. The van der Waals surface area contributed by atoms with Gasteiger partial charge in [-0.05, 0) is 47.9 Å². The van der Waals surface area contributed by atoms with Crippen LogP contribution in [-0.4, -0.2) is 18.0 Å². The van der Waals surface area contributed by atoms with Gasteiger partial charge in [-0.2, -0.15) is 5.10 Å². The maximum atomic E-state index is 13.0. The van der Waals surface area contributed by atoms with E-state index in [1.807, 2.05) is 30.3 Å². The number of hydrogen-bond acceptors (Lipinski definition) is 4. The summed E-state index contributed by atoms with van der Waals surface area (Å²) in [4.78, 5) is 24.0. The van der Waals surface area contributed by atoms with Crippen molar-refractivity contribution in [2.45, 2.75) is 19.6 Å². The number of amides is 2. The highest BCUT2D eigenvalue weighted by Gasteiger charge is 2.16. The molecule has 7 heteroatoms. The van der Waals surface area contributed by atoms with Crippen molar-refractivity contribution in [1.29, 1.82) is 0 Å². The summed E-state index contributed by atoms with van der Waals surface area (Å²) >= 11 is 0. The predicted molar refractivity (Wildman–Crippen MR) is 116 cm³/mol. The number of hydrazone groups is 1. The zero-order valence-electron chi connectivity index (χ0n) is 16.9. The summed E-state index contributed by atoms with van der Waals surface area (Å²) in [5.74, 6) is -1.34. The van der Waals surface area contributed by atoms with Gasteiger partial charge in [0.25, 0.3) is 0 Å². The third-order valence-corrected chi connectivity index (χ3v) is 4.41. The van der Waals surface area contributed by atoms with Crippen LogP contribution in [0.15, 0.2) is 84.0 Å². The van der Waals surface area contributed by atoms with E-state index >= 15 is 0 Å². The van der Waals surface area contributed by atoms with Gasteiger partial charge in [-0.3, -0.25) is 9.59 Å². The number of halogens is 1. The van der Waals surface area contributed by atoms with Gasteiger partial charge in [0.15, 0.2) is 0 Å². The van der Waals surface area contributed by atoms with Crippen LogP contribution in [0.4, 0.5) is 4.39 Å². The van der Waals surface area contributed by atoms with E-state index in [0.29, 0.717) is 11.3 Å². The van der Waals surface area contributed by atoms with Crippen molar-refractivity contribution < 1.29 is 18.7 Å². The summed E-state index contributed by atoms with van der Waals surface area (Å²) in [7, 11) is 0. The summed E-state index contributed by atoms with van der Waals surface area (Å²) < 4.78 is 18.6. The molecule has 6 nitrogen and oxygen atoms in total. The lowest BCUT2D eigenvalue weighted by Crippen LogP contribution is -2.39. The first-order chi connectivity index (χ1) is 15.0. The van der Waals surface area contributed by atoms with Crippen LogP contribution in [0, 0.1) is 5.82 Å². The molecule has 0 aromatic heterocycles. The maximum absolute atomic E-state index is 13.0. The van der Waals surface area contributed by atoms with Crippen molar-refractivity contribution in [2.75, 3.05) is 0 Å². The molecule has 1 atom stereocenters. The Morgan fingerprint density at radius 3 is 2.48 bits per heavy atom. The Morgan fingerprint density at radius 1 is 1.00 bits per heavy atom. The Kier molecular flexibility index (Phi) is 7.48. The molecule has 0 heterocycles. The molecule has 3 aromatic carbocycles. The molecule has 3 rings (SSSR count). The molecule has 31 heavy (non-hydrogen) atoms. The molecule has 0 aliphatic rings. The van der Waals surface area contributed by atoms with Crippen LogP contribution in [-0.2, 0) is 16.2 Å². The highest BCUT2D eigenvalue weighted by molar-refractivity contribution is 6.35. The first-order valence-electron chi connectivity index (χ1n) is 9.67. The second-order valence-electron chi connectivity index (χ2n) is 6.79. The van der Waals surface area contributed by atoms with E-state index in [4.69, 9.17) is 4.74 Å². The number of nitrogens with zero attached hydrogens (tertiary/aromatic N) is 1. The van der Waals surface area contributed by atoms with Crippen LogP contribution >= 0.6 is 0 Å². The van der Waals surface area contributed by atoms with Gasteiger partial charge in [0.1, 0.15) is 18.2 Å². The number of benzene rings is 3. The molecule has 0 saturated heterocycles. The molecular weight excluding hydrogens is 397 g/mol. The number of ether oxygens (including phenoxy) is 1. The Labute approximate surface area is 179 Å². The average Bonchev–Trinajstić information content (AvgIpc) is 2.79. The van der Waals surface area contributed by atoms with E-state index in [2.05, 4.69) is 15.8 Å². The van der Waals surface area contributed by atoms with Crippen LogP contribution in [0.1, 0.15) is 29.7 Å². The number of carbonyl (C=O) groups excluding carboxylic acids is 2. The van der Waals surface area contributed by atoms with Crippen LogP contribution in [0.5, 0.6) is 5.75 Å². The van der Waals surface area contributed by atoms with Crippen molar-refractivity contribution in [3.05, 3.63) is 101 Å². The summed E-state index contributed by atoms with van der Waals surface area (Å²) in [5, 5.41) is 6.45. The number of hydrogen-bond donors (Lipinski definition) is 2. The number of nitrogens with one attached hydrogen (secondary N) is 2. The molecule has 0 fully saturated rings. The maximum Gasteiger partial charge on any atom is 0.329 e. The van der Waals surface area contributed by atoms with E-state index in [0.717, 1.165) is 11.1 Å². The molecule has 2 N–H and O–H groups in total. The van der Waals surface area contributed by atoms with Crippen molar-refractivity contribution in [1.82, 2.24) is 10.7 Å². The standard InChI is InChI=1S/C24H22FN3O3/c1-17(20-7-3-2-4-8-20)27-23(29)24(30)28-26-15-19-6-5-9-22(14-19)31-16-18-10-12-21(25)13-11-18/h2-15,17H,16H2,1H3,(H,27,29)(H,28,30)/b26-15-/t17-/m1/s1. The predicted octanol–water partition coefficient (Wildman–Crippen LogP) is 3.73. The van der Waals surface area contributed by atoms with E-state index < -0.39 is 11.8 Å². The SMILES string of the molecule is C[C@@H](NC(=O)C(=O)N/N=C\c1cccc(OCc2ccc(F)cc2)c1)c1ccccc1. The fraction of sp³-hybridized carbons (Fsp3) is 0.125. The van der Waals surface area contributed by atoms with Crippen molar-refractivity contribution >= 4 is 18.0 Å². The van der Waals surface area contributed by atoms with Crippen molar-refractivity contribution in [3.8, 4) is 5.75 Å². The molecule has 0 unspecified atom stereocenters. The molecule has 0 aliphatic heterocycles. The summed E-state index contributed by atoms with van der Waals surface area (Å²) in [6, 6.07) is 22.1. The van der Waals surface area contributed by atoms with E-state index in [-0.39, 0.29) is 18.5 Å². The summed E-state index contributed by atoms with van der Waals surface area (Å²) in [6.07, 6.45) is 1.41. The summed E-state index contributed by atoms with van der Waals surface area (Å²) in [6.45, 7) is 2.08. The first-order valence-corrected chi connectivity index (χ1v) is 9.67. The Morgan fingerprint density at radius 2 is 1.74 bits per heavy atom. The van der Waals surface area contributed by atoms with Crippen LogP contribution in [0.3, 0.4) is 0 Å². The zero-order chi connectivity index (χ0) is 22.1. The second kappa shape index (κ2) is 10.7. The molecule has 158 valence electrons. The average molecular weight is 419 g/mol. The van der Waals surface area contributed by atoms with Crippen LogP contribution < -0.4 is 15.5 Å². The molecule has 0 saturated carbocycles. The highest BCUT2D eigenvalue weighted by Crippen LogP contribution is 2.15. The van der Waals surface area contributed by atoms with Gasteiger partial charge in [0.05, 0.1) is 12.3 Å². The lowest BCUT2D eigenvalue weighted by atomic mass is 10.1. The van der Waals surface area contributed by atoms with Gasteiger partial charge in [0.2, 0.25) is 0 Å². The molecule has 0 spiro atoms. The van der Waals surface area contributed by atoms with Crippen LogP contribution in [0.2, 0.25) is 0 Å². The van der Waals surface area contributed by atoms with E-state index in [1.54, 1.807) is 43.3 Å². The number of rotatable bonds is 7. The fourth-order valence-electron chi connectivity index (χ4n) is 2.74. The minimum atomic E-state index is -0.859. The van der Waals surface area contributed by atoms with Crippen molar-refractivity contribution in [3.63, 3.8) is 0 Å². The van der Waals surface area contributed by atoms with Gasteiger partial charge in [-0.1, -0.05) is 54.6 Å². The van der Waals surface area contributed by atoms with E-state index in [1.165, 1.54) is 18.3 Å². The Bertz CT molecular complexity index is 1050. The molecular formula is C24H22FN3O3. The lowest BCUT2D eigenvalue weighted by Gasteiger charge is -2.13. The Hall–Kier alpha value is -4.00. The second-order valence-corrected chi connectivity index (χ2v) is 6.79. The smallest absolute Gasteiger partial charge is 0.329 e. The van der Waals surface area contributed by atoms with Crippen molar-refractivity contribution in [2.24, 2.45) is 5.10 Å². The molecule has 0 radical (unpaired) electrons. The fourth-order valence-corrected chi connectivity index (χ4v) is 2.74. The van der Waals surface area contributed by atoms with Gasteiger partial charge >= 0.3 is 11.8 Å². The normalized spacial score (nSPS) is 11.7. The molecule has 0 bridgehead atoms. The highest BCUT2D eigenvalue weighted by atomic mass is 19.1. The minimum Gasteiger partial charge on any atom is -0.489 e. The minimum absolute atomic E-state index is 0.289. The number of carbonyl (C=O) groups is 2. The first kappa shape index (κ1) is 21.7. The van der Waals surface area contributed by atoms with E-state index in [9.17, 15) is 14.0 Å². The van der Waals surface area contributed by atoms with Gasteiger partial charge < -0.3 is 10.1 Å². The van der Waals surface area contributed by atoms with Crippen LogP contribution in [0.25, 0.3) is 0 Å². The third kappa shape index (κ3) is 6.78. The quantitative estimate of drug-likeness (QED) is 0.348. The summed E-state index contributed by atoms with van der Waals surface area (Å²) in [5.41, 5.74) is 4.62. The monoisotopic (exact) mass is 419 g/mol. The van der Waals surface area contributed by atoms with Gasteiger partial charge in [-0.15, -0.1) is 0 Å². The molecule has 3 aromatic rings.